The number of aliphatic imine (C=N–C) groups is 1. The van der Waals surface area contributed by atoms with Crippen LogP contribution in [0.1, 0.15) is 18.1 Å². The van der Waals surface area contributed by atoms with Gasteiger partial charge in [-0.1, -0.05) is 30.3 Å². The van der Waals surface area contributed by atoms with Gasteiger partial charge in [0.25, 0.3) is 0 Å². The lowest BCUT2D eigenvalue weighted by atomic mass is 10.1. The van der Waals surface area contributed by atoms with Gasteiger partial charge in [0.15, 0.2) is 5.96 Å². The molecule has 1 amide bonds. The van der Waals surface area contributed by atoms with Gasteiger partial charge in [0.2, 0.25) is 5.91 Å². The minimum absolute atomic E-state index is 0.0580. The van der Waals surface area contributed by atoms with Crippen LogP contribution in [0.5, 0.6) is 0 Å². The molecule has 0 bridgehead atoms. The van der Waals surface area contributed by atoms with Gasteiger partial charge in [0.1, 0.15) is 12.4 Å². The van der Waals surface area contributed by atoms with Gasteiger partial charge < -0.3 is 20.9 Å². The largest absolute Gasteiger partial charge is 0.361 e. The Labute approximate surface area is 176 Å². The maximum absolute atomic E-state index is 13.5. The van der Waals surface area contributed by atoms with Crippen LogP contribution in [0.3, 0.4) is 0 Å². The molecule has 7 heteroatoms. The van der Waals surface area contributed by atoms with E-state index >= 15 is 0 Å². The minimum atomic E-state index is -0.246. The van der Waals surface area contributed by atoms with E-state index in [2.05, 4.69) is 25.9 Å². The van der Waals surface area contributed by atoms with E-state index in [1.165, 1.54) is 11.6 Å². The maximum Gasteiger partial charge on any atom is 0.241 e. The number of aromatic nitrogens is 1. The molecular weight excluding hydrogens is 381 g/mol. The molecule has 0 aliphatic heterocycles. The first-order valence-electron chi connectivity index (χ1n) is 10.2. The number of nitrogens with one attached hydrogen (secondary N) is 4. The van der Waals surface area contributed by atoms with Crippen LogP contribution in [-0.2, 0) is 17.6 Å². The standard InChI is InChI=1S/C23H28FN5O/c1-2-25-23(29-16-22(30)26-12-10-17-6-4-3-5-7-17)27-13-11-18-15-28-21-9-8-19(24)14-20(18)21/h3-9,14-15,28H,2,10-13,16H2,1H3,(H,26,30)(H2,25,27,29). The fourth-order valence-corrected chi connectivity index (χ4v) is 3.21. The van der Waals surface area contributed by atoms with Crippen LogP contribution in [0.4, 0.5) is 4.39 Å². The summed E-state index contributed by atoms with van der Waals surface area (Å²) in [6.07, 6.45) is 3.40. The number of amides is 1. The van der Waals surface area contributed by atoms with Crippen molar-refractivity contribution in [2.24, 2.45) is 4.99 Å². The van der Waals surface area contributed by atoms with Gasteiger partial charge in [-0.3, -0.25) is 4.79 Å². The van der Waals surface area contributed by atoms with Crippen molar-refractivity contribution in [2.45, 2.75) is 19.8 Å². The molecule has 0 aliphatic rings. The van der Waals surface area contributed by atoms with E-state index in [9.17, 15) is 9.18 Å². The summed E-state index contributed by atoms with van der Waals surface area (Å²) in [5.41, 5.74) is 3.14. The zero-order valence-corrected chi connectivity index (χ0v) is 17.2. The zero-order valence-electron chi connectivity index (χ0n) is 17.2. The molecule has 3 rings (SSSR count). The molecule has 1 heterocycles. The van der Waals surface area contributed by atoms with Crippen molar-refractivity contribution >= 4 is 22.8 Å². The molecule has 0 atom stereocenters. The van der Waals surface area contributed by atoms with E-state index in [0.717, 1.165) is 22.9 Å². The molecule has 6 nitrogen and oxygen atoms in total. The highest BCUT2D eigenvalue weighted by Gasteiger charge is 2.06. The number of hydrogen-bond donors (Lipinski definition) is 4. The molecule has 0 aliphatic carbocycles. The molecule has 0 saturated heterocycles. The molecule has 30 heavy (non-hydrogen) atoms. The Hall–Kier alpha value is -3.35. The van der Waals surface area contributed by atoms with Crippen LogP contribution in [0.2, 0.25) is 0 Å². The van der Waals surface area contributed by atoms with Crippen LogP contribution in [-0.4, -0.2) is 43.0 Å². The van der Waals surface area contributed by atoms with E-state index < -0.39 is 0 Å². The van der Waals surface area contributed by atoms with Crippen LogP contribution in [0.15, 0.2) is 59.7 Å². The van der Waals surface area contributed by atoms with Crippen molar-refractivity contribution in [1.29, 1.82) is 0 Å². The number of halogens is 1. The second kappa shape index (κ2) is 11.0. The molecule has 2 aromatic carbocycles. The predicted octanol–water partition coefficient (Wildman–Crippen LogP) is 2.76. The number of H-pyrrole nitrogens is 1. The van der Waals surface area contributed by atoms with Crippen molar-refractivity contribution in [3.05, 3.63) is 71.7 Å². The van der Waals surface area contributed by atoms with E-state index in [1.54, 1.807) is 12.1 Å². The van der Waals surface area contributed by atoms with E-state index in [1.807, 2.05) is 43.5 Å². The summed E-state index contributed by atoms with van der Waals surface area (Å²) in [6.45, 7) is 3.92. The molecule has 0 radical (unpaired) electrons. The molecule has 4 N–H and O–H groups in total. The highest BCUT2D eigenvalue weighted by atomic mass is 19.1. The lowest BCUT2D eigenvalue weighted by Gasteiger charge is -2.11. The Kier molecular flexibility index (Phi) is 7.83. The van der Waals surface area contributed by atoms with Gasteiger partial charge >= 0.3 is 0 Å². The van der Waals surface area contributed by atoms with Crippen molar-refractivity contribution in [2.75, 3.05) is 26.2 Å². The monoisotopic (exact) mass is 409 g/mol. The number of carbonyl (C=O) groups is 1. The number of benzene rings is 2. The topological polar surface area (TPSA) is 81.3 Å². The zero-order chi connectivity index (χ0) is 21.2. The summed E-state index contributed by atoms with van der Waals surface area (Å²) in [7, 11) is 0. The third kappa shape index (κ3) is 6.34. The van der Waals surface area contributed by atoms with Crippen LogP contribution >= 0.6 is 0 Å². The van der Waals surface area contributed by atoms with Gasteiger partial charge in [0.05, 0.1) is 0 Å². The normalized spacial score (nSPS) is 11.5. The van der Waals surface area contributed by atoms with Gasteiger partial charge in [0, 0.05) is 36.7 Å². The molecule has 0 spiro atoms. The Morgan fingerprint density at radius 3 is 2.63 bits per heavy atom. The van der Waals surface area contributed by atoms with Gasteiger partial charge in [-0.2, -0.15) is 0 Å². The summed E-state index contributed by atoms with van der Waals surface area (Å²) in [5, 5.41) is 10.1. The number of fused-ring (bicyclic) bond motifs is 1. The molecule has 3 aromatic rings. The molecule has 0 fully saturated rings. The fraction of sp³-hybridized carbons (Fsp3) is 0.304. The number of aromatic amines is 1. The van der Waals surface area contributed by atoms with Gasteiger partial charge in [-0.05, 0) is 49.1 Å². The highest BCUT2D eigenvalue weighted by molar-refractivity contribution is 5.85. The van der Waals surface area contributed by atoms with Crippen molar-refractivity contribution in [1.82, 2.24) is 20.9 Å². The SMILES string of the molecule is CCNC(=NCC(=O)NCCc1ccccc1)NCCc1c[nH]c2ccc(F)cc12. The van der Waals surface area contributed by atoms with Crippen LogP contribution < -0.4 is 16.0 Å². The summed E-state index contributed by atoms with van der Waals surface area (Å²) in [5.74, 6) is 0.224. The average Bonchev–Trinajstić information content (AvgIpc) is 3.15. The van der Waals surface area contributed by atoms with Crippen molar-refractivity contribution in [3.63, 3.8) is 0 Å². The van der Waals surface area contributed by atoms with Crippen LogP contribution in [0, 0.1) is 5.82 Å². The van der Waals surface area contributed by atoms with E-state index in [4.69, 9.17) is 0 Å². The third-order valence-electron chi connectivity index (χ3n) is 4.72. The Morgan fingerprint density at radius 2 is 1.83 bits per heavy atom. The molecule has 0 saturated carbocycles. The van der Waals surface area contributed by atoms with Crippen molar-refractivity contribution < 1.29 is 9.18 Å². The number of carbonyl (C=O) groups excluding carboxylic acids is 1. The summed E-state index contributed by atoms with van der Waals surface area (Å²) in [4.78, 5) is 19.6. The second-order valence-electron chi connectivity index (χ2n) is 6.96. The number of nitrogens with zero attached hydrogens (tertiary/aromatic N) is 1. The summed E-state index contributed by atoms with van der Waals surface area (Å²) >= 11 is 0. The Bertz CT molecular complexity index is 984. The average molecular weight is 410 g/mol. The van der Waals surface area contributed by atoms with Gasteiger partial charge in [-0.15, -0.1) is 0 Å². The molecule has 0 unspecified atom stereocenters. The summed E-state index contributed by atoms with van der Waals surface area (Å²) in [6, 6.07) is 14.8. The molecule has 1 aromatic heterocycles. The molecular formula is C23H28FN5O. The Morgan fingerprint density at radius 1 is 1.03 bits per heavy atom. The lowest BCUT2D eigenvalue weighted by molar-refractivity contribution is -0.119. The first kappa shape index (κ1) is 21.4. The number of hydrogen-bond acceptors (Lipinski definition) is 2. The first-order valence-corrected chi connectivity index (χ1v) is 10.2. The quantitative estimate of drug-likeness (QED) is 0.324. The van der Waals surface area contributed by atoms with Crippen molar-refractivity contribution in [3.8, 4) is 0 Å². The van der Waals surface area contributed by atoms with Crippen LogP contribution in [0.25, 0.3) is 10.9 Å². The smallest absolute Gasteiger partial charge is 0.241 e. The first-order chi connectivity index (χ1) is 14.7. The maximum atomic E-state index is 13.5. The highest BCUT2D eigenvalue weighted by Crippen LogP contribution is 2.19. The second-order valence-corrected chi connectivity index (χ2v) is 6.96. The minimum Gasteiger partial charge on any atom is -0.361 e. The van der Waals surface area contributed by atoms with E-state index in [0.29, 0.717) is 32.0 Å². The predicted molar refractivity (Wildman–Crippen MR) is 119 cm³/mol. The number of rotatable bonds is 9. The van der Waals surface area contributed by atoms with Gasteiger partial charge in [-0.25, -0.2) is 9.38 Å². The van der Waals surface area contributed by atoms with E-state index in [-0.39, 0.29) is 18.3 Å². The fourth-order valence-electron chi connectivity index (χ4n) is 3.21. The number of guanidine groups is 1. The molecule has 158 valence electrons. The Balaban J connectivity index is 1.45. The lowest BCUT2D eigenvalue weighted by Crippen LogP contribution is -2.39. The summed E-state index contributed by atoms with van der Waals surface area (Å²) < 4.78 is 13.5. The third-order valence-corrected chi connectivity index (χ3v) is 4.72.